The molecule has 4 heteroatoms. The van der Waals surface area contributed by atoms with Crippen molar-refractivity contribution in [2.24, 2.45) is 0 Å². The Labute approximate surface area is 112 Å². The van der Waals surface area contributed by atoms with Crippen LogP contribution in [0.4, 0.5) is 0 Å². The van der Waals surface area contributed by atoms with Crippen LogP contribution in [0.2, 0.25) is 5.02 Å². The summed E-state index contributed by atoms with van der Waals surface area (Å²) in [6.07, 6.45) is 2.11. The molecule has 2 rings (SSSR count). The highest BCUT2D eigenvalue weighted by atomic mass is 35.5. The summed E-state index contributed by atoms with van der Waals surface area (Å²) in [6, 6.07) is 1.90. The minimum atomic E-state index is 0.305. The van der Waals surface area contributed by atoms with E-state index in [0.717, 1.165) is 23.2 Å². The predicted octanol–water partition coefficient (Wildman–Crippen LogP) is 3.37. The lowest BCUT2D eigenvalue weighted by Crippen LogP contribution is -2.18. The summed E-state index contributed by atoms with van der Waals surface area (Å²) in [6.45, 7) is 5.27. The first kappa shape index (κ1) is 13.2. The maximum absolute atomic E-state index is 10.5. The van der Waals surface area contributed by atoms with Gasteiger partial charge in [0.1, 0.15) is 19.5 Å². The number of rotatable bonds is 4. The van der Waals surface area contributed by atoms with Crippen LogP contribution in [0, 0.1) is 0 Å². The summed E-state index contributed by atoms with van der Waals surface area (Å²) in [5.74, 6) is 1.70. The molecule has 0 bridgehead atoms. The number of ether oxygens (including phenoxy) is 2. The highest BCUT2D eigenvalue weighted by molar-refractivity contribution is 6.32. The van der Waals surface area contributed by atoms with Crippen molar-refractivity contribution in [3.63, 3.8) is 0 Å². The van der Waals surface area contributed by atoms with Crippen molar-refractivity contribution < 1.29 is 14.3 Å². The number of halogens is 1. The van der Waals surface area contributed by atoms with Crippen LogP contribution in [0.3, 0.4) is 0 Å². The molecule has 0 unspecified atom stereocenters. The molecule has 1 aliphatic rings. The molecular formula is C14H17ClO3. The molecule has 98 valence electrons. The number of carbonyl (C=O) groups excluding carboxylic acids is 1. The predicted molar refractivity (Wildman–Crippen MR) is 70.9 cm³/mol. The topological polar surface area (TPSA) is 35.5 Å². The van der Waals surface area contributed by atoms with Gasteiger partial charge in [-0.15, -0.1) is 0 Å². The lowest BCUT2D eigenvalue weighted by molar-refractivity contribution is -0.107. The fourth-order valence-electron chi connectivity index (χ4n) is 2.29. The zero-order chi connectivity index (χ0) is 13.1. The summed E-state index contributed by atoms with van der Waals surface area (Å²) >= 11 is 6.21. The fourth-order valence-corrected chi connectivity index (χ4v) is 2.56. The van der Waals surface area contributed by atoms with Crippen molar-refractivity contribution >= 4 is 17.9 Å². The van der Waals surface area contributed by atoms with Crippen LogP contribution in [-0.2, 0) is 11.2 Å². The monoisotopic (exact) mass is 268 g/mol. The Morgan fingerprint density at radius 2 is 2.00 bits per heavy atom. The zero-order valence-electron chi connectivity index (χ0n) is 10.7. The smallest absolute Gasteiger partial charge is 0.180 e. The van der Waals surface area contributed by atoms with Gasteiger partial charge < -0.3 is 14.3 Å². The van der Waals surface area contributed by atoms with Gasteiger partial charge in [-0.05, 0) is 24.0 Å². The van der Waals surface area contributed by atoms with Crippen LogP contribution in [-0.4, -0.2) is 19.5 Å². The molecule has 0 N–H and O–H groups in total. The molecule has 0 aliphatic carbocycles. The third-order valence-corrected chi connectivity index (χ3v) is 3.28. The quantitative estimate of drug-likeness (QED) is 0.786. The number of hydrogen-bond donors (Lipinski definition) is 0. The highest BCUT2D eigenvalue weighted by Gasteiger charge is 2.24. The molecule has 3 nitrogen and oxygen atoms in total. The van der Waals surface area contributed by atoms with Crippen LogP contribution < -0.4 is 9.47 Å². The minimum Gasteiger partial charge on any atom is -0.486 e. The first-order valence-corrected chi connectivity index (χ1v) is 6.57. The summed E-state index contributed by atoms with van der Waals surface area (Å²) < 4.78 is 11.3. The highest BCUT2D eigenvalue weighted by Crippen LogP contribution is 2.45. The molecule has 0 radical (unpaired) electrons. The zero-order valence-corrected chi connectivity index (χ0v) is 11.4. The third kappa shape index (κ3) is 2.46. The molecule has 18 heavy (non-hydrogen) atoms. The fraction of sp³-hybridized carbons (Fsp3) is 0.500. The van der Waals surface area contributed by atoms with Gasteiger partial charge in [0.05, 0.1) is 5.02 Å². The second-order valence-electron chi connectivity index (χ2n) is 4.65. The number of benzene rings is 1. The van der Waals surface area contributed by atoms with Crippen molar-refractivity contribution in [3.05, 3.63) is 22.2 Å². The lowest BCUT2D eigenvalue weighted by Gasteiger charge is -2.25. The van der Waals surface area contributed by atoms with Gasteiger partial charge >= 0.3 is 0 Å². The van der Waals surface area contributed by atoms with Gasteiger partial charge in [-0.2, -0.15) is 0 Å². The maximum atomic E-state index is 10.5. The van der Waals surface area contributed by atoms with E-state index in [0.29, 0.717) is 42.7 Å². The first-order chi connectivity index (χ1) is 8.65. The first-order valence-electron chi connectivity index (χ1n) is 6.19. The molecule has 1 aromatic carbocycles. The van der Waals surface area contributed by atoms with Gasteiger partial charge in [-0.25, -0.2) is 0 Å². The van der Waals surface area contributed by atoms with Gasteiger partial charge in [0, 0.05) is 12.0 Å². The maximum Gasteiger partial charge on any atom is 0.180 e. The summed E-state index contributed by atoms with van der Waals surface area (Å²) in [5, 5.41) is 0.565. The molecule has 1 aliphatic heterocycles. The number of aryl methyl sites for hydroxylation is 1. The van der Waals surface area contributed by atoms with E-state index in [1.54, 1.807) is 0 Å². The molecule has 0 saturated heterocycles. The molecule has 0 spiro atoms. The summed E-state index contributed by atoms with van der Waals surface area (Å²) in [4.78, 5) is 10.5. The molecule has 0 atom stereocenters. The van der Waals surface area contributed by atoms with Gasteiger partial charge in [-0.3, -0.25) is 0 Å². The summed E-state index contributed by atoms with van der Waals surface area (Å²) in [7, 11) is 0. The SMILES string of the molecule is CC(C)c1c(CCC=O)cc(Cl)c2c1OCCO2. The van der Waals surface area contributed by atoms with Crippen LogP contribution in [0.1, 0.15) is 37.3 Å². The van der Waals surface area contributed by atoms with Crippen molar-refractivity contribution in [3.8, 4) is 11.5 Å². The minimum absolute atomic E-state index is 0.305. The number of aldehydes is 1. The van der Waals surface area contributed by atoms with E-state index in [1.807, 2.05) is 6.07 Å². The number of carbonyl (C=O) groups is 1. The standard InChI is InChI=1S/C14H17ClO3/c1-9(2)12-10(4-3-5-16)8-11(15)13-14(12)18-7-6-17-13/h5,8-9H,3-4,6-7H2,1-2H3. The number of hydrogen-bond acceptors (Lipinski definition) is 3. The van der Waals surface area contributed by atoms with Gasteiger partial charge in [0.25, 0.3) is 0 Å². The second-order valence-corrected chi connectivity index (χ2v) is 5.05. The Morgan fingerprint density at radius 1 is 1.33 bits per heavy atom. The molecule has 0 aromatic heterocycles. The molecule has 0 amide bonds. The van der Waals surface area contributed by atoms with E-state index in [1.165, 1.54) is 0 Å². The molecule has 1 heterocycles. The molecule has 0 saturated carbocycles. The van der Waals surface area contributed by atoms with Crippen molar-refractivity contribution in [2.75, 3.05) is 13.2 Å². The third-order valence-electron chi connectivity index (χ3n) is 3.00. The van der Waals surface area contributed by atoms with Crippen molar-refractivity contribution in [2.45, 2.75) is 32.6 Å². The van der Waals surface area contributed by atoms with Gasteiger partial charge in [0.2, 0.25) is 0 Å². The number of fused-ring (bicyclic) bond motifs is 1. The Bertz CT molecular complexity index is 455. The van der Waals surface area contributed by atoms with E-state index in [9.17, 15) is 4.79 Å². The van der Waals surface area contributed by atoms with Crippen LogP contribution in [0.5, 0.6) is 11.5 Å². The van der Waals surface area contributed by atoms with Crippen LogP contribution in [0.25, 0.3) is 0 Å². The molecular weight excluding hydrogens is 252 g/mol. The van der Waals surface area contributed by atoms with Gasteiger partial charge in [-0.1, -0.05) is 25.4 Å². The normalized spacial score (nSPS) is 13.8. The second kappa shape index (κ2) is 5.61. The van der Waals surface area contributed by atoms with E-state index >= 15 is 0 Å². The Balaban J connectivity index is 2.52. The average molecular weight is 269 g/mol. The van der Waals surface area contributed by atoms with Crippen LogP contribution in [0.15, 0.2) is 6.07 Å². The van der Waals surface area contributed by atoms with Gasteiger partial charge in [0.15, 0.2) is 11.5 Å². The van der Waals surface area contributed by atoms with Crippen molar-refractivity contribution in [1.82, 2.24) is 0 Å². The van der Waals surface area contributed by atoms with E-state index in [-0.39, 0.29) is 0 Å². The van der Waals surface area contributed by atoms with E-state index in [4.69, 9.17) is 21.1 Å². The molecule has 1 aromatic rings. The Morgan fingerprint density at radius 3 is 2.61 bits per heavy atom. The Hall–Kier alpha value is -1.22. The van der Waals surface area contributed by atoms with Crippen molar-refractivity contribution in [1.29, 1.82) is 0 Å². The Kier molecular flexibility index (Phi) is 4.12. The average Bonchev–Trinajstić information content (AvgIpc) is 2.36. The molecule has 0 fully saturated rings. The van der Waals surface area contributed by atoms with E-state index in [2.05, 4.69) is 13.8 Å². The lowest BCUT2D eigenvalue weighted by atomic mass is 9.93. The summed E-state index contributed by atoms with van der Waals surface area (Å²) in [5.41, 5.74) is 2.18. The largest absolute Gasteiger partial charge is 0.486 e. The van der Waals surface area contributed by atoms with Crippen LogP contribution >= 0.6 is 11.6 Å². The van der Waals surface area contributed by atoms with E-state index < -0.39 is 0 Å².